The van der Waals surface area contributed by atoms with Gasteiger partial charge in [-0.25, -0.2) is 4.99 Å². The summed E-state index contributed by atoms with van der Waals surface area (Å²) >= 11 is 5.93. The normalized spacial score (nSPS) is 14.3. The van der Waals surface area contributed by atoms with Crippen molar-refractivity contribution in [2.45, 2.75) is 32.9 Å². The molecule has 0 atom stereocenters. The van der Waals surface area contributed by atoms with Crippen molar-refractivity contribution in [3.8, 4) is 5.75 Å². The maximum absolute atomic E-state index is 12.5. The van der Waals surface area contributed by atoms with E-state index in [1.165, 1.54) is 12.1 Å². The van der Waals surface area contributed by atoms with Gasteiger partial charge < -0.3 is 20.7 Å². The number of halogens is 3. The number of ether oxygens (including phenoxy) is 1. The maximum atomic E-state index is 12.5. The fourth-order valence-corrected chi connectivity index (χ4v) is 2.44. The molecule has 1 saturated carbocycles. The SMILES string of the molecule is CCNC(=NCc1cc(Cl)ccc1OC(F)F)NCCNC(=O)C1CC1. The molecule has 26 heavy (non-hydrogen) atoms. The van der Waals surface area contributed by atoms with E-state index in [-0.39, 0.29) is 24.1 Å². The van der Waals surface area contributed by atoms with E-state index in [9.17, 15) is 13.6 Å². The predicted molar refractivity (Wildman–Crippen MR) is 96.6 cm³/mol. The summed E-state index contributed by atoms with van der Waals surface area (Å²) in [5, 5.41) is 9.40. The van der Waals surface area contributed by atoms with E-state index in [4.69, 9.17) is 11.6 Å². The molecule has 2 rings (SSSR count). The molecule has 0 aromatic heterocycles. The Morgan fingerprint density at radius 2 is 2.04 bits per heavy atom. The van der Waals surface area contributed by atoms with Crippen molar-refractivity contribution in [3.05, 3.63) is 28.8 Å². The van der Waals surface area contributed by atoms with Gasteiger partial charge in [0.1, 0.15) is 5.75 Å². The molecule has 1 fully saturated rings. The molecular weight excluding hydrogens is 366 g/mol. The third-order valence-corrected chi connectivity index (χ3v) is 3.89. The van der Waals surface area contributed by atoms with Crippen LogP contribution in [0.2, 0.25) is 5.02 Å². The van der Waals surface area contributed by atoms with Crippen LogP contribution in [0.25, 0.3) is 0 Å². The largest absolute Gasteiger partial charge is 0.434 e. The number of nitrogens with zero attached hydrogens (tertiary/aromatic N) is 1. The summed E-state index contributed by atoms with van der Waals surface area (Å²) in [7, 11) is 0. The third kappa shape index (κ3) is 7.03. The monoisotopic (exact) mass is 388 g/mol. The lowest BCUT2D eigenvalue weighted by Crippen LogP contribution is -2.41. The van der Waals surface area contributed by atoms with Gasteiger partial charge in [-0.05, 0) is 38.0 Å². The minimum atomic E-state index is -2.92. The van der Waals surface area contributed by atoms with E-state index in [1.807, 2.05) is 6.92 Å². The second-order valence-electron chi connectivity index (χ2n) is 5.82. The molecule has 0 bridgehead atoms. The fraction of sp³-hybridized carbons (Fsp3) is 0.529. The average Bonchev–Trinajstić information content (AvgIpc) is 3.43. The van der Waals surface area contributed by atoms with Gasteiger partial charge in [-0.1, -0.05) is 11.6 Å². The first-order valence-electron chi connectivity index (χ1n) is 8.52. The first-order valence-corrected chi connectivity index (χ1v) is 8.90. The first-order chi connectivity index (χ1) is 12.5. The summed E-state index contributed by atoms with van der Waals surface area (Å²) in [6, 6.07) is 4.42. The Balaban J connectivity index is 1.90. The van der Waals surface area contributed by atoms with Crippen molar-refractivity contribution >= 4 is 23.5 Å². The molecule has 1 aliphatic carbocycles. The van der Waals surface area contributed by atoms with E-state index in [0.717, 1.165) is 12.8 Å². The van der Waals surface area contributed by atoms with Gasteiger partial charge in [-0.3, -0.25) is 4.79 Å². The quantitative estimate of drug-likeness (QED) is 0.345. The van der Waals surface area contributed by atoms with Gasteiger partial charge in [0.25, 0.3) is 0 Å². The molecule has 1 aliphatic rings. The number of rotatable bonds is 9. The lowest BCUT2D eigenvalue weighted by Gasteiger charge is -2.13. The Labute approximate surface area is 156 Å². The van der Waals surface area contributed by atoms with Gasteiger partial charge in [0.2, 0.25) is 5.91 Å². The van der Waals surface area contributed by atoms with Crippen molar-refractivity contribution in [2.24, 2.45) is 10.9 Å². The van der Waals surface area contributed by atoms with Crippen LogP contribution in [-0.4, -0.2) is 38.1 Å². The maximum Gasteiger partial charge on any atom is 0.387 e. The van der Waals surface area contributed by atoms with Crippen molar-refractivity contribution in [1.29, 1.82) is 0 Å². The smallest absolute Gasteiger partial charge is 0.387 e. The van der Waals surface area contributed by atoms with Crippen LogP contribution in [0.3, 0.4) is 0 Å². The number of hydrogen-bond acceptors (Lipinski definition) is 3. The zero-order valence-electron chi connectivity index (χ0n) is 14.5. The molecule has 1 amide bonds. The van der Waals surface area contributed by atoms with Gasteiger partial charge in [-0.2, -0.15) is 8.78 Å². The summed E-state index contributed by atoms with van der Waals surface area (Å²) in [5.74, 6) is 0.811. The van der Waals surface area contributed by atoms with Crippen molar-refractivity contribution < 1.29 is 18.3 Å². The van der Waals surface area contributed by atoms with Crippen LogP contribution in [0.1, 0.15) is 25.3 Å². The topological polar surface area (TPSA) is 74.8 Å². The molecule has 1 aromatic rings. The number of benzene rings is 1. The average molecular weight is 389 g/mol. The highest BCUT2D eigenvalue weighted by atomic mass is 35.5. The van der Waals surface area contributed by atoms with Crippen LogP contribution in [0.15, 0.2) is 23.2 Å². The molecule has 0 unspecified atom stereocenters. The third-order valence-electron chi connectivity index (χ3n) is 3.66. The van der Waals surface area contributed by atoms with Gasteiger partial charge in [0, 0.05) is 36.1 Å². The highest BCUT2D eigenvalue weighted by molar-refractivity contribution is 6.30. The second kappa shape index (κ2) is 10.2. The molecule has 0 aliphatic heterocycles. The number of hydrogen-bond donors (Lipinski definition) is 3. The number of alkyl halides is 2. The molecule has 0 saturated heterocycles. The Morgan fingerprint density at radius 3 is 2.69 bits per heavy atom. The summed E-state index contributed by atoms with van der Waals surface area (Å²) in [4.78, 5) is 15.9. The van der Waals surface area contributed by atoms with E-state index in [1.54, 1.807) is 6.07 Å². The Morgan fingerprint density at radius 1 is 1.31 bits per heavy atom. The highest BCUT2D eigenvalue weighted by Gasteiger charge is 2.28. The van der Waals surface area contributed by atoms with E-state index >= 15 is 0 Å². The van der Waals surface area contributed by atoms with Crippen LogP contribution in [0, 0.1) is 5.92 Å². The van der Waals surface area contributed by atoms with Gasteiger partial charge in [-0.15, -0.1) is 0 Å². The van der Waals surface area contributed by atoms with E-state index < -0.39 is 6.61 Å². The lowest BCUT2D eigenvalue weighted by atomic mass is 10.2. The number of amides is 1. The van der Waals surface area contributed by atoms with Gasteiger partial charge in [0.15, 0.2) is 5.96 Å². The summed E-state index contributed by atoms with van der Waals surface area (Å²) in [6.07, 6.45) is 1.93. The van der Waals surface area contributed by atoms with Crippen molar-refractivity contribution in [1.82, 2.24) is 16.0 Å². The molecule has 3 N–H and O–H groups in total. The molecule has 0 heterocycles. The standard InChI is InChI=1S/C17H23ClF2N4O2/c1-2-21-17(23-8-7-22-15(25)11-3-4-11)24-10-12-9-13(18)5-6-14(12)26-16(19)20/h5-6,9,11,16H,2-4,7-8,10H2,1H3,(H,22,25)(H2,21,23,24). The van der Waals surface area contributed by atoms with Crippen LogP contribution in [0.4, 0.5) is 8.78 Å². The Kier molecular flexibility index (Phi) is 7.90. The zero-order chi connectivity index (χ0) is 18.9. The Bertz CT molecular complexity index is 639. The van der Waals surface area contributed by atoms with E-state index in [2.05, 4.69) is 25.7 Å². The summed E-state index contributed by atoms with van der Waals surface area (Å²) < 4.78 is 29.5. The lowest BCUT2D eigenvalue weighted by molar-refractivity contribution is -0.122. The van der Waals surface area contributed by atoms with Crippen LogP contribution < -0.4 is 20.7 Å². The first kappa shape index (κ1) is 20.2. The fourth-order valence-electron chi connectivity index (χ4n) is 2.24. The molecule has 144 valence electrons. The van der Waals surface area contributed by atoms with Gasteiger partial charge >= 0.3 is 6.61 Å². The molecule has 9 heteroatoms. The Hall–Kier alpha value is -2.09. The second-order valence-corrected chi connectivity index (χ2v) is 6.25. The number of guanidine groups is 1. The molecular formula is C17H23ClF2N4O2. The molecule has 0 radical (unpaired) electrons. The number of carbonyl (C=O) groups excluding carboxylic acids is 1. The molecule has 1 aromatic carbocycles. The minimum absolute atomic E-state index is 0.0423. The summed E-state index contributed by atoms with van der Waals surface area (Å²) in [6.45, 7) is 0.733. The zero-order valence-corrected chi connectivity index (χ0v) is 15.3. The van der Waals surface area contributed by atoms with Crippen LogP contribution in [-0.2, 0) is 11.3 Å². The highest BCUT2D eigenvalue weighted by Crippen LogP contribution is 2.28. The van der Waals surface area contributed by atoms with E-state index in [0.29, 0.717) is 36.2 Å². The van der Waals surface area contributed by atoms with Gasteiger partial charge in [0.05, 0.1) is 6.54 Å². The minimum Gasteiger partial charge on any atom is -0.434 e. The van der Waals surface area contributed by atoms with Crippen molar-refractivity contribution in [2.75, 3.05) is 19.6 Å². The van der Waals surface area contributed by atoms with Crippen LogP contribution >= 0.6 is 11.6 Å². The number of carbonyl (C=O) groups is 1. The number of nitrogens with one attached hydrogen (secondary N) is 3. The predicted octanol–water partition coefficient (Wildman–Crippen LogP) is 2.52. The number of aliphatic imine (C=N–C) groups is 1. The van der Waals surface area contributed by atoms with Crippen molar-refractivity contribution in [3.63, 3.8) is 0 Å². The molecule has 0 spiro atoms. The molecule has 6 nitrogen and oxygen atoms in total. The summed E-state index contributed by atoms with van der Waals surface area (Å²) in [5.41, 5.74) is 0.456. The van der Waals surface area contributed by atoms with Crippen LogP contribution in [0.5, 0.6) is 5.75 Å².